The molecule has 10 nitrogen and oxygen atoms in total. The van der Waals surface area contributed by atoms with Crippen molar-refractivity contribution in [1.29, 1.82) is 0 Å². The van der Waals surface area contributed by atoms with Crippen molar-refractivity contribution in [2.45, 2.75) is 39.3 Å². The standard InChI is InChI=1S/C20H22FN7O3/c1-20(2,3)31-19(30)27-5-4-13-11(9-27)6-23-8-14(13)25-18(29)15-16(22)26-28-10-12(21)7-24-17(15)28/h6-8,10H,4-5,9H2,1-3H3,(H2,22,26)(H,25,29). The Balaban J connectivity index is 1.57. The first-order valence-corrected chi connectivity index (χ1v) is 9.67. The fourth-order valence-electron chi connectivity index (χ4n) is 3.42. The predicted molar refractivity (Wildman–Crippen MR) is 110 cm³/mol. The van der Waals surface area contributed by atoms with Gasteiger partial charge in [0.15, 0.2) is 17.3 Å². The molecular formula is C20H22FN7O3. The van der Waals surface area contributed by atoms with Crippen LogP contribution in [-0.2, 0) is 17.7 Å². The summed E-state index contributed by atoms with van der Waals surface area (Å²) in [5.41, 5.74) is 7.66. The average Bonchev–Trinajstić information content (AvgIpc) is 3.01. The molecule has 0 unspecified atom stereocenters. The van der Waals surface area contributed by atoms with Gasteiger partial charge in [-0.15, -0.1) is 5.10 Å². The zero-order chi connectivity index (χ0) is 22.3. The zero-order valence-corrected chi connectivity index (χ0v) is 17.3. The number of hydrogen-bond donors (Lipinski definition) is 2. The molecule has 0 spiro atoms. The van der Waals surface area contributed by atoms with Crippen LogP contribution in [-0.4, -0.2) is 48.6 Å². The molecule has 11 heteroatoms. The highest BCUT2D eigenvalue weighted by Crippen LogP contribution is 2.27. The highest BCUT2D eigenvalue weighted by molar-refractivity contribution is 6.11. The van der Waals surface area contributed by atoms with Crippen molar-refractivity contribution in [2.24, 2.45) is 0 Å². The fraction of sp³-hybridized carbons (Fsp3) is 0.350. The number of aromatic nitrogens is 4. The Kier molecular flexibility index (Phi) is 4.96. The Morgan fingerprint density at radius 3 is 2.77 bits per heavy atom. The minimum absolute atomic E-state index is 0.0452. The van der Waals surface area contributed by atoms with E-state index in [2.05, 4.69) is 20.4 Å². The quantitative estimate of drug-likeness (QED) is 0.643. The van der Waals surface area contributed by atoms with Crippen LogP contribution in [0.4, 0.5) is 20.7 Å². The number of carbonyl (C=O) groups excluding carboxylic acids is 2. The second-order valence-electron chi connectivity index (χ2n) is 8.23. The number of nitrogens with one attached hydrogen (secondary N) is 1. The van der Waals surface area contributed by atoms with Gasteiger partial charge < -0.3 is 20.7 Å². The summed E-state index contributed by atoms with van der Waals surface area (Å²) in [4.78, 5) is 35.0. The summed E-state index contributed by atoms with van der Waals surface area (Å²) in [6.45, 7) is 6.20. The van der Waals surface area contributed by atoms with E-state index in [-0.39, 0.29) is 17.0 Å². The molecule has 1 aliphatic rings. The minimum atomic E-state index is -0.599. The van der Waals surface area contributed by atoms with Crippen LogP contribution >= 0.6 is 0 Å². The Hall–Kier alpha value is -3.76. The molecule has 3 N–H and O–H groups in total. The van der Waals surface area contributed by atoms with Crippen LogP contribution in [0.1, 0.15) is 42.3 Å². The summed E-state index contributed by atoms with van der Waals surface area (Å²) in [5, 5.41) is 6.74. The van der Waals surface area contributed by atoms with E-state index in [1.165, 1.54) is 6.20 Å². The number of nitrogen functional groups attached to an aromatic ring is 1. The van der Waals surface area contributed by atoms with Crippen LogP contribution < -0.4 is 11.1 Å². The second-order valence-corrected chi connectivity index (χ2v) is 8.23. The summed E-state index contributed by atoms with van der Waals surface area (Å²) in [7, 11) is 0. The molecular weight excluding hydrogens is 405 g/mol. The molecule has 0 atom stereocenters. The predicted octanol–water partition coefficient (Wildman–Crippen LogP) is 2.39. The van der Waals surface area contributed by atoms with E-state index in [1.54, 1.807) is 11.1 Å². The maximum Gasteiger partial charge on any atom is 0.410 e. The number of halogens is 1. The van der Waals surface area contributed by atoms with Crippen LogP contribution in [0.25, 0.3) is 5.65 Å². The average molecular weight is 427 g/mol. The number of ether oxygens (including phenoxy) is 1. The smallest absolute Gasteiger partial charge is 0.410 e. The Morgan fingerprint density at radius 2 is 2.03 bits per heavy atom. The highest BCUT2D eigenvalue weighted by atomic mass is 19.1. The summed E-state index contributed by atoms with van der Waals surface area (Å²) < 4.78 is 19.9. The molecule has 4 rings (SSSR count). The van der Waals surface area contributed by atoms with Gasteiger partial charge in [-0.25, -0.2) is 18.7 Å². The second kappa shape index (κ2) is 7.49. The number of fused-ring (bicyclic) bond motifs is 2. The molecule has 0 aliphatic carbocycles. The molecule has 2 amide bonds. The topological polar surface area (TPSA) is 128 Å². The van der Waals surface area contributed by atoms with Gasteiger partial charge in [-0.1, -0.05) is 0 Å². The van der Waals surface area contributed by atoms with Crippen molar-refractivity contribution in [1.82, 2.24) is 24.5 Å². The lowest BCUT2D eigenvalue weighted by atomic mass is 10.0. The van der Waals surface area contributed by atoms with Gasteiger partial charge in [0, 0.05) is 12.7 Å². The first-order valence-electron chi connectivity index (χ1n) is 9.67. The SMILES string of the molecule is CC(C)(C)OC(=O)N1CCc2c(cncc2NC(=O)c2c(N)nn3cc(F)cnc23)C1. The maximum atomic E-state index is 13.4. The molecule has 0 saturated carbocycles. The number of anilines is 2. The maximum absolute atomic E-state index is 13.4. The lowest BCUT2D eigenvalue weighted by molar-refractivity contribution is 0.0223. The van der Waals surface area contributed by atoms with Crippen molar-refractivity contribution in [2.75, 3.05) is 17.6 Å². The number of rotatable bonds is 2. The lowest BCUT2D eigenvalue weighted by Crippen LogP contribution is -2.40. The molecule has 0 aromatic carbocycles. The third-order valence-corrected chi connectivity index (χ3v) is 4.73. The number of nitrogens with two attached hydrogens (primary N) is 1. The summed E-state index contributed by atoms with van der Waals surface area (Å²) in [6, 6.07) is 0. The van der Waals surface area contributed by atoms with Crippen LogP contribution in [0.3, 0.4) is 0 Å². The number of pyridine rings is 1. The zero-order valence-electron chi connectivity index (χ0n) is 17.3. The minimum Gasteiger partial charge on any atom is -0.444 e. The van der Waals surface area contributed by atoms with Crippen molar-refractivity contribution in [3.63, 3.8) is 0 Å². The summed E-state index contributed by atoms with van der Waals surface area (Å²) in [6.07, 6.45) is 5.40. The Labute approximate surface area is 177 Å². The van der Waals surface area contributed by atoms with Gasteiger partial charge in [0.1, 0.15) is 11.2 Å². The molecule has 3 aromatic heterocycles. The van der Waals surface area contributed by atoms with E-state index in [0.29, 0.717) is 25.2 Å². The lowest BCUT2D eigenvalue weighted by Gasteiger charge is -2.31. The molecule has 0 radical (unpaired) electrons. The monoisotopic (exact) mass is 427 g/mol. The summed E-state index contributed by atoms with van der Waals surface area (Å²) >= 11 is 0. The Bertz CT molecular complexity index is 1190. The van der Waals surface area contributed by atoms with Crippen molar-refractivity contribution in [3.8, 4) is 0 Å². The number of nitrogens with zero attached hydrogens (tertiary/aromatic N) is 5. The van der Waals surface area contributed by atoms with Crippen LogP contribution in [0.5, 0.6) is 0 Å². The van der Waals surface area contributed by atoms with Gasteiger partial charge in [-0.2, -0.15) is 0 Å². The molecule has 162 valence electrons. The van der Waals surface area contributed by atoms with Crippen molar-refractivity contribution >= 4 is 29.2 Å². The molecule has 0 bridgehead atoms. The van der Waals surface area contributed by atoms with E-state index >= 15 is 0 Å². The molecule has 3 aromatic rings. The van der Waals surface area contributed by atoms with Gasteiger partial charge in [0.05, 0.1) is 30.8 Å². The van der Waals surface area contributed by atoms with E-state index in [0.717, 1.165) is 28.0 Å². The molecule has 0 fully saturated rings. The molecule has 1 aliphatic heterocycles. The van der Waals surface area contributed by atoms with Crippen molar-refractivity contribution < 1.29 is 18.7 Å². The number of amides is 2. The van der Waals surface area contributed by atoms with Gasteiger partial charge in [-0.05, 0) is 38.3 Å². The molecule has 0 saturated heterocycles. The van der Waals surface area contributed by atoms with E-state index < -0.39 is 23.4 Å². The summed E-state index contributed by atoms with van der Waals surface area (Å²) in [5.74, 6) is -1.20. The van der Waals surface area contributed by atoms with Crippen molar-refractivity contribution in [3.05, 3.63) is 47.3 Å². The van der Waals surface area contributed by atoms with Gasteiger partial charge in [0.25, 0.3) is 5.91 Å². The van der Waals surface area contributed by atoms with Gasteiger partial charge in [-0.3, -0.25) is 9.78 Å². The van der Waals surface area contributed by atoms with Gasteiger partial charge >= 0.3 is 6.09 Å². The first-order chi connectivity index (χ1) is 14.6. The highest BCUT2D eigenvalue weighted by Gasteiger charge is 2.28. The molecule has 31 heavy (non-hydrogen) atoms. The van der Waals surface area contributed by atoms with Gasteiger partial charge in [0.2, 0.25) is 0 Å². The van der Waals surface area contributed by atoms with E-state index in [9.17, 15) is 14.0 Å². The van der Waals surface area contributed by atoms with E-state index in [1.807, 2.05) is 20.8 Å². The first kappa shape index (κ1) is 20.5. The third kappa shape index (κ3) is 4.11. The van der Waals surface area contributed by atoms with Crippen LogP contribution in [0, 0.1) is 5.82 Å². The van der Waals surface area contributed by atoms with E-state index in [4.69, 9.17) is 10.5 Å². The van der Waals surface area contributed by atoms with Crippen LogP contribution in [0.2, 0.25) is 0 Å². The molecule has 4 heterocycles. The Morgan fingerprint density at radius 1 is 1.26 bits per heavy atom. The number of carbonyl (C=O) groups is 2. The largest absolute Gasteiger partial charge is 0.444 e. The number of hydrogen-bond acceptors (Lipinski definition) is 7. The third-order valence-electron chi connectivity index (χ3n) is 4.73. The normalized spacial score (nSPS) is 13.7. The fourth-order valence-corrected chi connectivity index (χ4v) is 3.42. The van der Waals surface area contributed by atoms with Crippen LogP contribution in [0.15, 0.2) is 24.8 Å².